The number of halogens is 1. The van der Waals surface area contributed by atoms with Gasteiger partial charge < -0.3 is 19.3 Å². The summed E-state index contributed by atoms with van der Waals surface area (Å²) in [5, 5.41) is 7.72. The highest BCUT2D eigenvalue weighted by molar-refractivity contribution is 6.32. The Bertz CT molecular complexity index is 584. The maximum absolute atomic E-state index is 6.15. The summed E-state index contributed by atoms with van der Waals surface area (Å²) in [6.45, 7) is 3.14. The van der Waals surface area contributed by atoms with Gasteiger partial charge in [-0.3, -0.25) is 0 Å². The SMILES string of the molecule is COc1cc(CNCc2cc(C)on2)cc(Cl)c1OC. The van der Waals surface area contributed by atoms with Crippen molar-refractivity contribution in [3.8, 4) is 11.5 Å². The number of nitrogens with zero attached hydrogens (tertiary/aromatic N) is 1. The standard InChI is InChI=1S/C14H17ClN2O3/c1-9-4-11(17-20-9)8-16-7-10-5-12(15)14(19-3)13(6-10)18-2/h4-6,16H,7-8H2,1-3H3. The first-order valence-corrected chi connectivity index (χ1v) is 6.55. The number of methoxy groups -OCH3 is 2. The van der Waals surface area contributed by atoms with Crippen LogP contribution in [0.15, 0.2) is 22.7 Å². The van der Waals surface area contributed by atoms with Crippen molar-refractivity contribution in [2.45, 2.75) is 20.0 Å². The predicted octanol–water partition coefficient (Wildman–Crippen LogP) is 2.94. The molecule has 1 N–H and O–H groups in total. The van der Waals surface area contributed by atoms with Gasteiger partial charge in [-0.15, -0.1) is 0 Å². The van der Waals surface area contributed by atoms with Gasteiger partial charge >= 0.3 is 0 Å². The number of aryl methyl sites for hydroxylation is 1. The molecule has 0 saturated carbocycles. The molecule has 20 heavy (non-hydrogen) atoms. The minimum absolute atomic E-state index is 0.529. The van der Waals surface area contributed by atoms with Gasteiger partial charge in [0.2, 0.25) is 0 Å². The van der Waals surface area contributed by atoms with E-state index in [-0.39, 0.29) is 0 Å². The molecule has 0 amide bonds. The predicted molar refractivity (Wildman–Crippen MR) is 76.3 cm³/mol. The zero-order valence-electron chi connectivity index (χ0n) is 11.7. The first kappa shape index (κ1) is 14.7. The van der Waals surface area contributed by atoms with Gasteiger partial charge in [0.05, 0.1) is 24.9 Å². The first-order chi connectivity index (χ1) is 9.63. The third-order valence-corrected chi connectivity index (χ3v) is 3.09. The molecular formula is C14H17ClN2O3. The van der Waals surface area contributed by atoms with E-state index in [9.17, 15) is 0 Å². The molecule has 0 aliphatic heterocycles. The molecular weight excluding hydrogens is 280 g/mol. The molecule has 5 nitrogen and oxygen atoms in total. The molecule has 0 radical (unpaired) electrons. The highest BCUT2D eigenvalue weighted by Gasteiger charge is 2.10. The maximum Gasteiger partial charge on any atom is 0.179 e. The Kier molecular flexibility index (Phi) is 4.87. The van der Waals surface area contributed by atoms with E-state index in [1.807, 2.05) is 25.1 Å². The van der Waals surface area contributed by atoms with Crippen LogP contribution in [0.25, 0.3) is 0 Å². The molecule has 0 aliphatic carbocycles. The normalized spacial score (nSPS) is 10.6. The molecule has 0 unspecified atom stereocenters. The fraction of sp³-hybridized carbons (Fsp3) is 0.357. The van der Waals surface area contributed by atoms with Crippen LogP contribution >= 0.6 is 11.6 Å². The van der Waals surface area contributed by atoms with E-state index < -0.39 is 0 Å². The molecule has 1 heterocycles. The molecule has 0 aliphatic rings. The van der Waals surface area contributed by atoms with Crippen LogP contribution in [0.5, 0.6) is 11.5 Å². The van der Waals surface area contributed by atoms with Gasteiger partial charge in [0.25, 0.3) is 0 Å². The molecule has 2 aromatic rings. The highest BCUT2D eigenvalue weighted by atomic mass is 35.5. The van der Waals surface area contributed by atoms with Crippen LogP contribution < -0.4 is 14.8 Å². The van der Waals surface area contributed by atoms with E-state index >= 15 is 0 Å². The van der Waals surface area contributed by atoms with Crippen molar-refractivity contribution < 1.29 is 14.0 Å². The average molecular weight is 297 g/mol. The van der Waals surface area contributed by atoms with E-state index in [1.165, 1.54) is 0 Å². The summed E-state index contributed by atoms with van der Waals surface area (Å²) in [6, 6.07) is 5.64. The van der Waals surface area contributed by atoms with Crippen molar-refractivity contribution in [3.05, 3.63) is 40.2 Å². The summed E-state index contributed by atoms with van der Waals surface area (Å²) in [4.78, 5) is 0. The van der Waals surface area contributed by atoms with Crippen LogP contribution in [-0.2, 0) is 13.1 Å². The van der Waals surface area contributed by atoms with E-state index in [0.717, 1.165) is 17.0 Å². The first-order valence-electron chi connectivity index (χ1n) is 6.17. The van der Waals surface area contributed by atoms with Crippen molar-refractivity contribution in [2.24, 2.45) is 0 Å². The molecule has 108 valence electrons. The molecule has 6 heteroatoms. The fourth-order valence-corrected chi connectivity index (χ4v) is 2.22. The largest absolute Gasteiger partial charge is 0.493 e. The minimum Gasteiger partial charge on any atom is -0.493 e. The third kappa shape index (κ3) is 3.43. The van der Waals surface area contributed by atoms with Crippen LogP contribution in [-0.4, -0.2) is 19.4 Å². The van der Waals surface area contributed by atoms with Gasteiger partial charge in [0, 0.05) is 19.2 Å². The topological polar surface area (TPSA) is 56.5 Å². The van der Waals surface area contributed by atoms with E-state index in [1.54, 1.807) is 14.2 Å². The zero-order chi connectivity index (χ0) is 14.5. The Hall–Kier alpha value is -1.72. The summed E-state index contributed by atoms with van der Waals surface area (Å²) in [6.07, 6.45) is 0. The Morgan fingerprint density at radius 1 is 1.20 bits per heavy atom. The summed E-state index contributed by atoms with van der Waals surface area (Å²) >= 11 is 6.15. The van der Waals surface area contributed by atoms with E-state index in [4.69, 9.17) is 25.6 Å². The molecule has 1 aromatic heterocycles. The number of benzene rings is 1. The van der Waals surface area contributed by atoms with Crippen LogP contribution in [0.3, 0.4) is 0 Å². The quantitative estimate of drug-likeness (QED) is 0.888. The lowest BCUT2D eigenvalue weighted by Crippen LogP contribution is -2.13. The Balaban J connectivity index is 2.01. The summed E-state index contributed by atoms with van der Waals surface area (Å²) in [5.41, 5.74) is 1.88. The molecule has 0 atom stereocenters. The lowest BCUT2D eigenvalue weighted by atomic mass is 10.2. The Labute approximate surface area is 122 Å². The Morgan fingerprint density at radius 3 is 2.60 bits per heavy atom. The van der Waals surface area contributed by atoms with Crippen LogP contribution in [0.2, 0.25) is 5.02 Å². The molecule has 0 bridgehead atoms. The zero-order valence-corrected chi connectivity index (χ0v) is 12.5. The van der Waals surface area contributed by atoms with E-state index in [0.29, 0.717) is 29.6 Å². The maximum atomic E-state index is 6.15. The van der Waals surface area contributed by atoms with Crippen molar-refractivity contribution >= 4 is 11.6 Å². The minimum atomic E-state index is 0.529. The second kappa shape index (κ2) is 6.63. The summed E-state index contributed by atoms with van der Waals surface area (Å²) in [7, 11) is 3.15. The molecule has 0 spiro atoms. The average Bonchev–Trinajstić information content (AvgIpc) is 2.83. The third-order valence-electron chi connectivity index (χ3n) is 2.81. The highest BCUT2D eigenvalue weighted by Crippen LogP contribution is 2.35. The van der Waals surface area contributed by atoms with Crippen LogP contribution in [0, 0.1) is 6.92 Å². The molecule has 1 aromatic carbocycles. The fourth-order valence-electron chi connectivity index (χ4n) is 1.91. The summed E-state index contributed by atoms with van der Waals surface area (Å²) in [5.74, 6) is 1.97. The number of hydrogen-bond acceptors (Lipinski definition) is 5. The van der Waals surface area contributed by atoms with Gasteiger partial charge in [0.15, 0.2) is 11.5 Å². The van der Waals surface area contributed by atoms with E-state index in [2.05, 4.69) is 10.5 Å². The van der Waals surface area contributed by atoms with Gasteiger partial charge in [-0.2, -0.15) is 0 Å². The second-order valence-corrected chi connectivity index (χ2v) is 4.75. The second-order valence-electron chi connectivity index (χ2n) is 4.35. The van der Waals surface area contributed by atoms with Gasteiger partial charge in [-0.1, -0.05) is 16.8 Å². The summed E-state index contributed by atoms with van der Waals surface area (Å²) < 4.78 is 15.5. The molecule has 0 fully saturated rings. The van der Waals surface area contributed by atoms with Gasteiger partial charge in [-0.05, 0) is 24.6 Å². The van der Waals surface area contributed by atoms with Crippen LogP contribution in [0.1, 0.15) is 17.0 Å². The van der Waals surface area contributed by atoms with Gasteiger partial charge in [0.1, 0.15) is 5.76 Å². The number of rotatable bonds is 6. The lowest BCUT2D eigenvalue weighted by Gasteiger charge is -2.12. The smallest absolute Gasteiger partial charge is 0.179 e. The van der Waals surface area contributed by atoms with Crippen molar-refractivity contribution in [1.29, 1.82) is 0 Å². The lowest BCUT2D eigenvalue weighted by molar-refractivity contribution is 0.354. The van der Waals surface area contributed by atoms with Crippen LogP contribution in [0.4, 0.5) is 0 Å². The number of nitrogens with one attached hydrogen (secondary N) is 1. The van der Waals surface area contributed by atoms with Crippen molar-refractivity contribution in [2.75, 3.05) is 14.2 Å². The number of hydrogen-bond donors (Lipinski definition) is 1. The monoisotopic (exact) mass is 296 g/mol. The Morgan fingerprint density at radius 2 is 2.00 bits per heavy atom. The van der Waals surface area contributed by atoms with Gasteiger partial charge in [-0.25, -0.2) is 0 Å². The number of aromatic nitrogens is 1. The molecule has 2 rings (SSSR count). The molecule has 0 saturated heterocycles. The number of ether oxygens (including phenoxy) is 2. The van der Waals surface area contributed by atoms with Crippen molar-refractivity contribution in [1.82, 2.24) is 10.5 Å². The van der Waals surface area contributed by atoms with Crippen molar-refractivity contribution in [3.63, 3.8) is 0 Å².